The van der Waals surface area contributed by atoms with Crippen molar-refractivity contribution in [3.63, 3.8) is 0 Å². The van der Waals surface area contributed by atoms with E-state index in [2.05, 4.69) is 20.6 Å². The first-order valence-electron chi connectivity index (χ1n) is 12.1. The normalized spacial score (nSPS) is 18.3. The number of carbonyl (C=O) groups is 1. The highest BCUT2D eigenvalue weighted by atomic mass is 19.4. The Morgan fingerprint density at radius 2 is 1.53 bits per heavy atom. The first kappa shape index (κ1) is 27.5. The standard InChI is InChI=1S/C26H27F6N5O/c1-37(2)22-20-5-3-4-6-21(20)35-24(36-22)34-19-9-7-15(8-10-19)14-33-23(38)16-11-17(25(27,28)29)13-18(12-16)26(30,31)32/h3-6,11-13,15,19H,7-10,14H2,1-2H3,(H,33,38)(H,34,35,36)/t15-,19+. The van der Waals surface area contributed by atoms with Crippen LogP contribution in [0.25, 0.3) is 10.9 Å². The van der Waals surface area contributed by atoms with E-state index in [1.165, 1.54) is 0 Å². The van der Waals surface area contributed by atoms with Crippen LogP contribution >= 0.6 is 0 Å². The second kappa shape index (κ2) is 10.7. The number of anilines is 2. The van der Waals surface area contributed by atoms with Gasteiger partial charge in [-0.05, 0) is 61.9 Å². The summed E-state index contributed by atoms with van der Waals surface area (Å²) in [5.74, 6) is 0.370. The van der Waals surface area contributed by atoms with Crippen molar-refractivity contribution in [3.05, 3.63) is 59.2 Å². The van der Waals surface area contributed by atoms with E-state index in [-0.39, 0.29) is 24.6 Å². The molecule has 1 aliphatic carbocycles. The molecule has 1 aromatic heterocycles. The van der Waals surface area contributed by atoms with Gasteiger partial charge in [-0.15, -0.1) is 0 Å². The van der Waals surface area contributed by atoms with E-state index in [4.69, 9.17) is 0 Å². The molecule has 38 heavy (non-hydrogen) atoms. The summed E-state index contributed by atoms with van der Waals surface area (Å²) in [6.07, 6.45) is -7.11. The number of benzene rings is 2. The van der Waals surface area contributed by atoms with E-state index in [1.807, 2.05) is 43.3 Å². The third-order valence-corrected chi connectivity index (χ3v) is 6.59. The Hall–Kier alpha value is -3.57. The Bertz CT molecular complexity index is 1270. The lowest BCUT2D eigenvalue weighted by molar-refractivity contribution is -0.143. The maximum absolute atomic E-state index is 13.1. The Kier molecular flexibility index (Phi) is 7.70. The summed E-state index contributed by atoms with van der Waals surface area (Å²) >= 11 is 0. The highest BCUT2D eigenvalue weighted by molar-refractivity contribution is 5.94. The molecule has 2 N–H and O–H groups in total. The molecule has 1 heterocycles. The predicted octanol–water partition coefficient (Wildman–Crippen LogP) is 6.13. The van der Waals surface area contributed by atoms with Crippen molar-refractivity contribution >= 4 is 28.6 Å². The molecule has 0 bridgehead atoms. The van der Waals surface area contributed by atoms with E-state index < -0.39 is 35.0 Å². The van der Waals surface area contributed by atoms with Gasteiger partial charge in [0.15, 0.2) is 0 Å². The van der Waals surface area contributed by atoms with Crippen molar-refractivity contribution in [2.24, 2.45) is 5.92 Å². The minimum absolute atomic E-state index is 0.00576. The number of hydrogen-bond donors (Lipinski definition) is 2. The molecule has 1 saturated carbocycles. The van der Waals surface area contributed by atoms with Gasteiger partial charge in [0.05, 0.1) is 16.6 Å². The minimum Gasteiger partial charge on any atom is -0.362 e. The molecule has 2 aromatic carbocycles. The van der Waals surface area contributed by atoms with Crippen LogP contribution in [-0.4, -0.2) is 42.6 Å². The summed E-state index contributed by atoms with van der Waals surface area (Å²) in [7, 11) is 3.81. The van der Waals surface area contributed by atoms with E-state index in [9.17, 15) is 31.1 Å². The van der Waals surface area contributed by atoms with Gasteiger partial charge in [0, 0.05) is 37.6 Å². The molecule has 1 amide bonds. The molecule has 0 aliphatic heterocycles. The maximum atomic E-state index is 13.1. The third kappa shape index (κ3) is 6.46. The molecule has 1 aliphatic rings. The lowest BCUT2D eigenvalue weighted by Crippen LogP contribution is -2.34. The summed E-state index contributed by atoms with van der Waals surface area (Å²) in [6.45, 7) is 0.153. The number of para-hydroxylation sites is 1. The molecular formula is C26H27F6N5O. The van der Waals surface area contributed by atoms with Crippen molar-refractivity contribution < 1.29 is 31.1 Å². The Balaban J connectivity index is 1.36. The smallest absolute Gasteiger partial charge is 0.362 e. The van der Waals surface area contributed by atoms with Crippen molar-refractivity contribution in [1.29, 1.82) is 0 Å². The van der Waals surface area contributed by atoms with Crippen LogP contribution in [-0.2, 0) is 12.4 Å². The number of nitrogens with one attached hydrogen (secondary N) is 2. The van der Waals surface area contributed by atoms with Gasteiger partial charge in [-0.3, -0.25) is 4.79 Å². The highest BCUT2D eigenvalue weighted by Gasteiger charge is 2.37. The van der Waals surface area contributed by atoms with Gasteiger partial charge in [-0.25, -0.2) is 4.98 Å². The molecule has 12 heteroatoms. The molecule has 0 unspecified atom stereocenters. The van der Waals surface area contributed by atoms with Crippen molar-refractivity contribution in [1.82, 2.24) is 15.3 Å². The zero-order chi connectivity index (χ0) is 27.7. The number of rotatable bonds is 6. The van der Waals surface area contributed by atoms with Crippen LogP contribution in [0.2, 0.25) is 0 Å². The lowest BCUT2D eigenvalue weighted by atomic mass is 9.86. The van der Waals surface area contributed by atoms with Crippen LogP contribution in [0.3, 0.4) is 0 Å². The van der Waals surface area contributed by atoms with Gasteiger partial charge in [0.25, 0.3) is 5.91 Å². The Labute approximate surface area is 215 Å². The molecule has 6 nitrogen and oxygen atoms in total. The van der Waals surface area contributed by atoms with Crippen molar-refractivity contribution in [3.8, 4) is 0 Å². The third-order valence-electron chi connectivity index (χ3n) is 6.59. The number of hydrogen-bond acceptors (Lipinski definition) is 5. The minimum atomic E-state index is -5.01. The van der Waals surface area contributed by atoms with Gasteiger partial charge in [0.2, 0.25) is 5.95 Å². The monoisotopic (exact) mass is 539 g/mol. The van der Waals surface area contributed by atoms with E-state index in [0.717, 1.165) is 29.6 Å². The number of carbonyl (C=O) groups excluding carboxylic acids is 1. The molecule has 0 saturated heterocycles. The van der Waals surface area contributed by atoms with Gasteiger partial charge in [-0.1, -0.05) is 12.1 Å². The second-order valence-corrected chi connectivity index (χ2v) is 9.65. The van der Waals surface area contributed by atoms with Crippen LogP contribution in [0, 0.1) is 5.92 Å². The zero-order valence-electron chi connectivity index (χ0n) is 20.7. The number of amides is 1. The molecule has 1 fully saturated rings. The molecular weight excluding hydrogens is 512 g/mol. The van der Waals surface area contributed by atoms with E-state index in [1.54, 1.807) is 0 Å². The van der Waals surface area contributed by atoms with E-state index in [0.29, 0.717) is 30.9 Å². The number of aromatic nitrogens is 2. The topological polar surface area (TPSA) is 70.2 Å². The largest absolute Gasteiger partial charge is 0.416 e. The molecule has 0 spiro atoms. The number of halogens is 6. The highest BCUT2D eigenvalue weighted by Crippen LogP contribution is 2.36. The molecule has 4 rings (SSSR count). The summed E-state index contributed by atoms with van der Waals surface area (Å²) in [5, 5.41) is 6.81. The Morgan fingerprint density at radius 1 is 0.921 bits per heavy atom. The summed E-state index contributed by atoms with van der Waals surface area (Å²) in [4.78, 5) is 23.6. The van der Waals surface area contributed by atoms with E-state index >= 15 is 0 Å². The number of nitrogens with zero attached hydrogens (tertiary/aromatic N) is 3. The Morgan fingerprint density at radius 3 is 2.11 bits per heavy atom. The van der Waals surface area contributed by atoms with Crippen LogP contribution in [0.1, 0.15) is 47.2 Å². The maximum Gasteiger partial charge on any atom is 0.416 e. The average Bonchev–Trinajstić information content (AvgIpc) is 2.86. The van der Waals surface area contributed by atoms with Crippen LogP contribution in [0.15, 0.2) is 42.5 Å². The summed E-state index contributed by atoms with van der Waals surface area (Å²) < 4.78 is 78.5. The SMILES string of the molecule is CN(C)c1nc(N[C@H]2CC[C@@H](CNC(=O)c3cc(C(F)(F)F)cc(C(F)(F)F)c3)CC2)nc2ccccc12. The van der Waals surface area contributed by atoms with Gasteiger partial charge in [-0.2, -0.15) is 31.3 Å². The van der Waals surface area contributed by atoms with Gasteiger partial charge < -0.3 is 15.5 Å². The molecule has 204 valence electrons. The van der Waals surface area contributed by atoms with Crippen LogP contribution in [0.4, 0.5) is 38.1 Å². The fourth-order valence-electron chi connectivity index (χ4n) is 4.58. The summed E-state index contributed by atoms with van der Waals surface area (Å²) in [5.41, 5.74) is -2.89. The quantitative estimate of drug-likeness (QED) is 0.369. The second-order valence-electron chi connectivity index (χ2n) is 9.65. The lowest BCUT2D eigenvalue weighted by Gasteiger charge is -2.29. The fourth-order valence-corrected chi connectivity index (χ4v) is 4.58. The summed E-state index contributed by atoms with van der Waals surface area (Å²) in [6, 6.07) is 8.68. The first-order valence-corrected chi connectivity index (χ1v) is 12.1. The molecule has 3 aromatic rings. The van der Waals surface area contributed by atoms with Crippen LogP contribution in [0.5, 0.6) is 0 Å². The molecule has 0 radical (unpaired) electrons. The van der Waals surface area contributed by atoms with Crippen molar-refractivity contribution in [2.75, 3.05) is 30.9 Å². The van der Waals surface area contributed by atoms with Crippen molar-refractivity contribution in [2.45, 2.75) is 44.1 Å². The van der Waals surface area contributed by atoms with Gasteiger partial charge in [0.1, 0.15) is 5.82 Å². The number of alkyl halides is 6. The predicted molar refractivity (Wildman–Crippen MR) is 132 cm³/mol. The molecule has 0 atom stereocenters. The fraction of sp³-hybridized carbons (Fsp3) is 0.423. The zero-order valence-corrected chi connectivity index (χ0v) is 20.7. The first-order chi connectivity index (χ1) is 17.8. The average molecular weight is 540 g/mol. The number of fused-ring (bicyclic) bond motifs is 1. The van der Waals surface area contributed by atoms with Gasteiger partial charge >= 0.3 is 12.4 Å². The van der Waals surface area contributed by atoms with Crippen LogP contribution < -0.4 is 15.5 Å².